The van der Waals surface area contributed by atoms with E-state index in [1.54, 1.807) is 42.5 Å². The molecule has 0 unspecified atom stereocenters. The summed E-state index contributed by atoms with van der Waals surface area (Å²) in [5, 5.41) is 21.5. The molecule has 36 heavy (non-hydrogen) atoms. The molecule has 1 aliphatic carbocycles. The van der Waals surface area contributed by atoms with E-state index in [0.717, 1.165) is 30.5 Å². The molecule has 2 aromatic heterocycles. The molecule has 0 radical (unpaired) electrons. The molecule has 8 nitrogen and oxygen atoms in total. The first kappa shape index (κ1) is 24.0. The fourth-order valence-corrected chi connectivity index (χ4v) is 4.33. The van der Waals surface area contributed by atoms with Crippen molar-refractivity contribution in [3.8, 4) is 17.0 Å². The van der Waals surface area contributed by atoms with Crippen molar-refractivity contribution < 1.29 is 19.1 Å². The van der Waals surface area contributed by atoms with Crippen molar-refractivity contribution in [3.05, 3.63) is 87.9 Å². The van der Waals surface area contributed by atoms with Gasteiger partial charge in [-0.2, -0.15) is 9.78 Å². The average molecular weight is 525 g/mol. The number of phenols is 1. The third kappa shape index (κ3) is 4.96. The van der Waals surface area contributed by atoms with Gasteiger partial charge in [0.15, 0.2) is 5.76 Å². The zero-order chi connectivity index (χ0) is 25.2. The van der Waals surface area contributed by atoms with E-state index in [1.807, 2.05) is 6.07 Å². The summed E-state index contributed by atoms with van der Waals surface area (Å²) < 4.78 is 6.48. The molecule has 0 aliphatic heterocycles. The highest BCUT2D eigenvalue weighted by molar-refractivity contribution is 6.42. The minimum absolute atomic E-state index is 0.0213. The van der Waals surface area contributed by atoms with Gasteiger partial charge in [0.2, 0.25) is 0 Å². The third-order valence-corrected chi connectivity index (χ3v) is 6.89. The summed E-state index contributed by atoms with van der Waals surface area (Å²) in [7, 11) is 0. The highest BCUT2D eigenvalue weighted by Gasteiger charge is 2.27. The van der Waals surface area contributed by atoms with Gasteiger partial charge < -0.3 is 20.2 Å². The van der Waals surface area contributed by atoms with Crippen LogP contribution in [0.25, 0.3) is 11.3 Å². The van der Waals surface area contributed by atoms with Crippen molar-refractivity contribution in [2.24, 2.45) is 0 Å². The van der Waals surface area contributed by atoms with E-state index >= 15 is 0 Å². The summed E-state index contributed by atoms with van der Waals surface area (Å²) in [6, 6.07) is 14.4. The highest BCUT2D eigenvalue weighted by Crippen LogP contribution is 2.39. The van der Waals surface area contributed by atoms with Gasteiger partial charge in [0.25, 0.3) is 5.91 Å². The van der Waals surface area contributed by atoms with Crippen LogP contribution in [0.15, 0.2) is 65.3 Å². The summed E-state index contributed by atoms with van der Waals surface area (Å²) in [4.78, 5) is 25.5. The highest BCUT2D eigenvalue weighted by atomic mass is 35.5. The van der Waals surface area contributed by atoms with Crippen molar-refractivity contribution in [1.29, 1.82) is 0 Å². The molecule has 0 saturated heterocycles. The van der Waals surface area contributed by atoms with Crippen LogP contribution in [-0.2, 0) is 6.54 Å². The van der Waals surface area contributed by atoms with Crippen molar-refractivity contribution >= 4 is 40.8 Å². The number of rotatable bonds is 6. The minimum atomic E-state index is -0.418. The standard InChI is InChI=1S/C26H22Cl2N4O4/c27-19-8-6-15(11-20(19)28)14-29-26(35)32-22(16-3-1-4-16)13-21(31-32)18-12-17(7-9-23(18)33)30-25(34)24-5-2-10-36-24/h2,5-13,16,33H,1,3-4,14H2,(H,29,35)(H,30,34). The Morgan fingerprint density at radius 2 is 1.92 bits per heavy atom. The molecule has 3 N–H and O–H groups in total. The second-order valence-corrected chi connectivity index (χ2v) is 9.38. The molecule has 1 saturated carbocycles. The van der Waals surface area contributed by atoms with Crippen molar-refractivity contribution in [2.45, 2.75) is 31.7 Å². The summed E-state index contributed by atoms with van der Waals surface area (Å²) in [6.45, 7) is 0.245. The number of halogens is 2. The molecular weight excluding hydrogens is 503 g/mol. The van der Waals surface area contributed by atoms with Gasteiger partial charge in [-0.25, -0.2) is 4.79 Å². The predicted molar refractivity (Wildman–Crippen MR) is 137 cm³/mol. The number of aromatic nitrogens is 2. The molecule has 0 spiro atoms. The van der Waals surface area contributed by atoms with Crippen LogP contribution in [0.5, 0.6) is 5.75 Å². The number of anilines is 1. The first-order valence-electron chi connectivity index (χ1n) is 11.4. The molecule has 1 fully saturated rings. The smallest absolute Gasteiger partial charge is 0.342 e. The number of carbonyl (C=O) groups excluding carboxylic acids is 2. The molecule has 2 aromatic carbocycles. The van der Waals surface area contributed by atoms with Gasteiger partial charge in [0.05, 0.1) is 27.7 Å². The number of furan rings is 1. The molecule has 0 atom stereocenters. The van der Waals surface area contributed by atoms with Crippen LogP contribution >= 0.6 is 23.2 Å². The number of nitrogens with zero attached hydrogens (tertiary/aromatic N) is 2. The topological polar surface area (TPSA) is 109 Å². The third-order valence-electron chi connectivity index (χ3n) is 6.16. The minimum Gasteiger partial charge on any atom is -0.507 e. The van der Waals surface area contributed by atoms with E-state index < -0.39 is 11.9 Å². The zero-order valence-corrected chi connectivity index (χ0v) is 20.5. The Bertz CT molecular complexity index is 1430. The molecule has 5 rings (SSSR count). The number of hydrogen-bond acceptors (Lipinski definition) is 5. The molecule has 10 heteroatoms. The molecular formula is C26H22Cl2N4O4. The molecule has 4 aromatic rings. The largest absolute Gasteiger partial charge is 0.507 e. The van der Waals surface area contributed by atoms with Gasteiger partial charge >= 0.3 is 6.03 Å². The fraction of sp³-hybridized carbons (Fsp3) is 0.192. The van der Waals surface area contributed by atoms with E-state index in [0.29, 0.717) is 27.0 Å². The Labute approximate surface area is 216 Å². The second-order valence-electron chi connectivity index (χ2n) is 8.56. The normalized spacial score (nSPS) is 13.3. The van der Waals surface area contributed by atoms with Gasteiger partial charge in [-0.1, -0.05) is 35.7 Å². The SMILES string of the molecule is O=C(Nc1ccc(O)c(-c2cc(C3CCC3)n(C(=O)NCc3ccc(Cl)c(Cl)c3)n2)c1)c1ccco1. The van der Waals surface area contributed by atoms with E-state index in [-0.39, 0.29) is 24.0 Å². The lowest BCUT2D eigenvalue weighted by Crippen LogP contribution is -2.31. The maximum absolute atomic E-state index is 13.1. The van der Waals surface area contributed by atoms with Gasteiger partial charge in [-0.15, -0.1) is 0 Å². The lowest BCUT2D eigenvalue weighted by molar-refractivity contribution is 0.0996. The van der Waals surface area contributed by atoms with E-state index in [4.69, 9.17) is 27.6 Å². The summed E-state index contributed by atoms with van der Waals surface area (Å²) in [5.74, 6) is -0.0724. The van der Waals surface area contributed by atoms with Gasteiger partial charge in [0.1, 0.15) is 5.75 Å². The fourth-order valence-electron chi connectivity index (χ4n) is 4.01. The zero-order valence-electron chi connectivity index (χ0n) is 19.0. The lowest BCUT2D eigenvalue weighted by atomic mass is 9.82. The predicted octanol–water partition coefficient (Wildman–Crippen LogP) is 6.43. The first-order chi connectivity index (χ1) is 17.4. The van der Waals surface area contributed by atoms with E-state index in [1.165, 1.54) is 17.0 Å². The Kier molecular flexibility index (Phi) is 6.71. The summed E-state index contributed by atoms with van der Waals surface area (Å²) in [5.41, 5.74) is 2.84. The summed E-state index contributed by atoms with van der Waals surface area (Å²) in [6.07, 6.45) is 4.40. The molecule has 2 amide bonds. The lowest BCUT2D eigenvalue weighted by Gasteiger charge is -2.25. The molecule has 184 valence electrons. The van der Waals surface area contributed by atoms with E-state index in [9.17, 15) is 14.7 Å². The number of amides is 2. The number of aromatic hydroxyl groups is 1. The average Bonchev–Trinajstić information content (AvgIpc) is 3.51. The van der Waals surface area contributed by atoms with Crippen LogP contribution in [0.1, 0.15) is 47.0 Å². The van der Waals surface area contributed by atoms with Gasteiger partial charge in [-0.3, -0.25) is 4.79 Å². The second kappa shape index (κ2) is 10.1. The number of nitrogens with one attached hydrogen (secondary N) is 2. The van der Waals surface area contributed by atoms with Crippen LogP contribution in [0.4, 0.5) is 10.5 Å². The van der Waals surface area contributed by atoms with Crippen LogP contribution in [-0.4, -0.2) is 26.8 Å². The quantitative estimate of drug-likeness (QED) is 0.251. The Balaban J connectivity index is 1.40. The first-order valence-corrected chi connectivity index (χ1v) is 12.1. The van der Waals surface area contributed by atoms with Crippen molar-refractivity contribution in [1.82, 2.24) is 15.1 Å². The summed E-state index contributed by atoms with van der Waals surface area (Å²) >= 11 is 12.1. The number of phenolic OH excluding ortho intramolecular Hbond substituents is 1. The molecule has 0 bridgehead atoms. The number of hydrogen-bond donors (Lipinski definition) is 3. The van der Waals surface area contributed by atoms with Gasteiger partial charge in [0, 0.05) is 23.7 Å². The van der Waals surface area contributed by atoms with E-state index in [2.05, 4.69) is 15.7 Å². The molecule has 2 heterocycles. The Hall–Kier alpha value is -3.75. The number of benzene rings is 2. The Morgan fingerprint density at radius 1 is 1.08 bits per heavy atom. The van der Waals surface area contributed by atoms with Crippen LogP contribution in [0.2, 0.25) is 10.0 Å². The number of carbonyl (C=O) groups is 2. The monoisotopic (exact) mass is 524 g/mol. The van der Waals surface area contributed by atoms with Crippen LogP contribution in [0.3, 0.4) is 0 Å². The Morgan fingerprint density at radius 3 is 2.61 bits per heavy atom. The van der Waals surface area contributed by atoms with Crippen LogP contribution in [0, 0.1) is 0 Å². The maximum atomic E-state index is 13.1. The van der Waals surface area contributed by atoms with Gasteiger partial charge in [-0.05, 0) is 66.9 Å². The maximum Gasteiger partial charge on any atom is 0.342 e. The van der Waals surface area contributed by atoms with Crippen molar-refractivity contribution in [2.75, 3.05) is 5.32 Å². The van der Waals surface area contributed by atoms with Crippen LogP contribution < -0.4 is 10.6 Å². The van der Waals surface area contributed by atoms with Crippen molar-refractivity contribution in [3.63, 3.8) is 0 Å². The molecule has 1 aliphatic rings.